The molecule has 0 saturated carbocycles. The van der Waals surface area contributed by atoms with Crippen LogP contribution in [0.1, 0.15) is 26.1 Å². The molecule has 0 spiro atoms. The molecule has 0 fully saturated rings. The van der Waals surface area contributed by atoms with Gasteiger partial charge in [0.15, 0.2) is 5.82 Å². The van der Waals surface area contributed by atoms with Crippen LogP contribution in [0.3, 0.4) is 0 Å². The predicted molar refractivity (Wildman–Crippen MR) is 79.1 cm³/mol. The average Bonchev–Trinajstić information content (AvgIpc) is 2.79. The van der Waals surface area contributed by atoms with E-state index in [1.165, 1.54) is 0 Å². The molecule has 2 heterocycles. The topological polar surface area (TPSA) is 56.7 Å². The van der Waals surface area contributed by atoms with Gasteiger partial charge in [0.05, 0.1) is 11.0 Å². The minimum Gasteiger partial charge on any atom is -0.382 e. The first-order chi connectivity index (χ1) is 9.26. The molecule has 3 rings (SSSR count). The zero-order chi connectivity index (χ0) is 13.4. The van der Waals surface area contributed by atoms with Gasteiger partial charge in [0.25, 0.3) is 0 Å². The Hall–Kier alpha value is -2.10. The summed E-state index contributed by atoms with van der Waals surface area (Å²) in [5, 5.41) is 1.13. The fraction of sp³-hybridized carbons (Fsp3) is 0.333. The maximum Gasteiger partial charge on any atom is 0.152 e. The lowest BCUT2D eigenvalue weighted by molar-refractivity contribution is 0.661. The van der Waals surface area contributed by atoms with E-state index in [4.69, 9.17) is 5.73 Å². The zero-order valence-corrected chi connectivity index (χ0v) is 11.3. The molecule has 0 aliphatic carbocycles. The molecule has 0 saturated heterocycles. The summed E-state index contributed by atoms with van der Waals surface area (Å²) in [5.41, 5.74) is 8.97. The number of rotatable bonds is 3. The highest BCUT2D eigenvalue weighted by atomic mass is 15.1. The SMILES string of the molecule is CCCn1c(CC)nc2c(N)nc3ccccc3c21. The van der Waals surface area contributed by atoms with E-state index < -0.39 is 0 Å². The van der Waals surface area contributed by atoms with Crippen molar-refractivity contribution in [2.75, 3.05) is 5.73 Å². The van der Waals surface area contributed by atoms with Gasteiger partial charge in [-0.05, 0) is 12.5 Å². The van der Waals surface area contributed by atoms with E-state index in [9.17, 15) is 0 Å². The predicted octanol–water partition coefficient (Wildman–Crippen LogP) is 3.14. The molecule has 0 unspecified atom stereocenters. The van der Waals surface area contributed by atoms with E-state index in [0.29, 0.717) is 5.82 Å². The molecular weight excluding hydrogens is 236 g/mol. The van der Waals surface area contributed by atoms with Crippen LogP contribution in [0.2, 0.25) is 0 Å². The van der Waals surface area contributed by atoms with Gasteiger partial charge in [-0.3, -0.25) is 0 Å². The average molecular weight is 254 g/mol. The number of nitrogens with zero attached hydrogens (tertiary/aromatic N) is 3. The van der Waals surface area contributed by atoms with Crippen molar-refractivity contribution in [1.82, 2.24) is 14.5 Å². The Bertz CT molecular complexity index is 743. The second kappa shape index (κ2) is 4.53. The van der Waals surface area contributed by atoms with Crippen LogP contribution in [0.5, 0.6) is 0 Å². The third-order valence-corrected chi connectivity index (χ3v) is 3.45. The van der Waals surface area contributed by atoms with Crippen LogP contribution in [0, 0.1) is 0 Å². The van der Waals surface area contributed by atoms with E-state index in [1.54, 1.807) is 0 Å². The first-order valence-electron chi connectivity index (χ1n) is 6.79. The van der Waals surface area contributed by atoms with E-state index in [-0.39, 0.29) is 0 Å². The molecule has 1 aromatic carbocycles. The largest absolute Gasteiger partial charge is 0.382 e. The monoisotopic (exact) mass is 254 g/mol. The molecule has 3 aromatic rings. The standard InChI is InChI=1S/C15H18N4/c1-3-9-19-12(4-2)18-13-14(19)10-7-5-6-8-11(10)17-15(13)16/h5-8H,3-4,9H2,1-2H3,(H2,16,17). The third-order valence-electron chi connectivity index (χ3n) is 3.45. The minimum atomic E-state index is 0.526. The van der Waals surface area contributed by atoms with Crippen molar-refractivity contribution in [1.29, 1.82) is 0 Å². The van der Waals surface area contributed by atoms with Crippen molar-refractivity contribution in [2.24, 2.45) is 0 Å². The molecule has 2 N–H and O–H groups in total. The summed E-state index contributed by atoms with van der Waals surface area (Å²) in [6.07, 6.45) is 1.98. The summed E-state index contributed by atoms with van der Waals surface area (Å²) >= 11 is 0. The maximum atomic E-state index is 6.07. The molecule has 2 aromatic heterocycles. The lowest BCUT2D eigenvalue weighted by Crippen LogP contribution is -2.02. The van der Waals surface area contributed by atoms with Crippen LogP contribution in [-0.2, 0) is 13.0 Å². The third kappa shape index (κ3) is 1.75. The normalized spacial score (nSPS) is 11.5. The van der Waals surface area contributed by atoms with Gasteiger partial charge in [0, 0.05) is 18.4 Å². The first-order valence-corrected chi connectivity index (χ1v) is 6.79. The van der Waals surface area contributed by atoms with Gasteiger partial charge < -0.3 is 10.3 Å². The van der Waals surface area contributed by atoms with Crippen molar-refractivity contribution >= 4 is 27.8 Å². The van der Waals surface area contributed by atoms with Gasteiger partial charge in [-0.15, -0.1) is 0 Å². The van der Waals surface area contributed by atoms with Crippen molar-refractivity contribution in [2.45, 2.75) is 33.2 Å². The number of para-hydroxylation sites is 1. The first kappa shape index (κ1) is 12.0. The fourth-order valence-electron chi connectivity index (χ4n) is 2.64. The number of imidazole rings is 1. The second-order valence-corrected chi connectivity index (χ2v) is 4.74. The highest BCUT2D eigenvalue weighted by Gasteiger charge is 2.15. The summed E-state index contributed by atoms with van der Waals surface area (Å²) in [6, 6.07) is 8.12. The molecule has 0 atom stereocenters. The number of nitrogens with two attached hydrogens (primary N) is 1. The number of pyridine rings is 1. The van der Waals surface area contributed by atoms with Gasteiger partial charge in [-0.1, -0.05) is 32.0 Å². The molecule has 19 heavy (non-hydrogen) atoms. The number of hydrogen-bond donors (Lipinski definition) is 1. The van der Waals surface area contributed by atoms with E-state index in [1.807, 2.05) is 18.2 Å². The molecule has 0 amide bonds. The number of fused-ring (bicyclic) bond motifs is 3. The fourth-order valence-corrected chi connectivity index (χ4v) is 2.64. The lowest BCUT2D eigenvalue weighted by atomic mass is 10.2. The molecular formula is C15H18N4. The van der Waals surface area contributed by atoms with Crippen LogP contribution in [0.25, 0.3) is 21.9 Å². The summed E-state index contributed by atoms with van der Waals surface area (Å²) in [6.45, 7) is 5.27. The highest BCUT2D eigenvalue weighted by molar-refractivity contribution is 6.06. The lowest BCUT2D eigenvalue weighted by Gasteiger charge is -2.08. The number of hydrogen-bond acceptors (Lipinski definition) is 3. The minimum absolute atomic E-state index is 0.526. The Morgan fingerprint density at radius 2 is 1.95 bits per heavy atom. The highest BCUT2D eigenvalue weighted by Crippen LogP contribution is 2.28. The molecule has 98 valence electrons. The molecule has 4 heteroatoms. The number of benzene rings is 1. The van der Waals surface area contributed by atoms with E-state index in [2.05, 4.69) is 34.4 Å². The summed E-state index contributed by atoms with van der Waals surface area (Å²) in [5.74, 6) is 1.61. The molecule has 0 radical (unpaired) electrons. The Kier molecular flexibility index (Phi) is 2.85. The molecule has 4 nitrogen and oxygen atoms in total. The smallest absolute Gasteiger partial charge is 0.152 e. The molecule has 0 bridgehead atoms. The van der Waals surface area contributed by atoms with E-state index >= 15 is 0 Å². The summed E-state index contributed by atoms with van der Waals surface area (Å²) in [4.78, 5) is 9.13. The number of nitrogen functional groups attached to an aromatic ring is 1. The maximum absolute atomic E-state index is 6.07. The second-order valence-electron chi connectivity index (χ2n) is 4.74. The molecule has 0 aliphatic rings. The van der Waals surface area contributed by atoms with Gasteiger partial charge >= 0.3 is 0 Å². The Morgan fingerprint density at radius 3 is 2.68 bits per heavy atom. The molecule has 0 aliphatic heterocycles. The Balaban J connectivity index is 2.49. The van der Waals surface area contributed by atoms with Crippen molar-refractivity contribution in [3.8, 4) is 0 Å². The van der Waals surface area contributed by atoms with Crippen molar-refractivity contribution in [3.05, 3.63) is 30.1 Å². The Labute approximate surface area is 112 Å². The van der Waals surface area contributed by atoms with Gasteiger partial charge in [0.2, 0.25) is 0 Å². The van der Waals surface area contributed by atoms with Crippen LogP contribution in [-0.4, -0.2) is 14.5 Å². The van der Waals surface area contributed by atoms with Crippen molar-refractivity contribution < 1.29 is 0 Å². The summed E-state index contributed by atoms with van der Waals surface area (Å²) < 4.78 is 2.29. The van der Waals surface area contributed by atoms with Gasteiger partial charge in [-0.2, -0.15) is 0 Å². The quantitative estimate of drug-likeness (QED) is 0.781. The van der Waals surface area contributed by atoms with Crippen molar-refractivity contribution in [3.63, 3.8) is 0 Å². The van der Waals surface area contributed by atoms with E-state index in [0.717, 1.165) is 47.1 Å². The van der Waals surface area contributed by atoms with Gasteiger partial charge in [0.1, 0.15) is 11.3 Å². The summed E-state index contributed by atoms with van der Waals surface area (Å²) in [7, 11) is 0. The Morgan fingerprint density at radius 1 is 1.16 bits per heavy atom. The number of aromatic nitrogens is 3. The van der Waals surface area contributed by atoms with Crippen LogP contribution in [0.4, 0.5) is 5.82 Å². The zero-order valence-electron chi connectivity index (χ0n) is 11.3. The van der Waals surface area contributed by atoms with Crippen LogP contribution in [0.15, 0.2) is 24.3 Å². The van der Waals surface area contributed by atoms with Crippen LogP contribution >= 0.6 is 0 Å². The van der Waals surface area contributed by atoms with Gasteiger partial charge in [-0.25, -0.2) is 9.97 Å². The van der Waals surface area contributed by atoms with Crippen LogP contribution < -0.4 is 5.73 Å². The number of aryl methyl sites for hydroxylation is 2. The number of anilines is 1.